The van der Waals surface area contributed by atoms with Gasteiger partial charge in [0.1, 0.15) is 5.69 Å². The number of amides is 1. The molecule has 18 heavy (non-hydrogen) atoms. The largest absolute Gasteiger partial charge is 0.433 e. The average molecular weight is 262 g/mol. The molecule has 1 atom stereocenters. The lowest BCUT2D eigenvalue weighted by Gasteiger charge is -2.23. The van der Waals surface area contributed by atoms with E-state index in [9.17, 15) is 18.0 Å². The second kappa shape index (κ2) is 5.34. The maximum atomic E-state index is 12.3. The van der Waals surface area contributed by atoms with Crippen LogP contribution in [-0.2, 0) is 6.18 Å². The summed E-state index contributed by atoms with van der Waals surface area (Å²) in [7, 11) is 1.46. The van der Waals surface area contributed by atoms with Gasteiger partial charge in [-0.05, 0) is 19.1 Å². The van der Waals surface area contributed by atoms with Crippen LogP contribution < -0.4 is 0 Å². The van der Waals surface area contributed by atoms with Crippen LogP contribution in [-0.4, -0.2) is 40.6 Å². The van der Waals surface area contributed by atoms with E-state index in [0.717, 1.165) is 18.3 Å². The Kier molecular flexibility index (Phi) is 4.28. The standard InChI is InChI=1S/C11H13F3N2O2/c1-7(6-17)16(2)10(18)8-3-4-9(15-5-8)11(12,13)14/h3-5,7,17H,6H2,1-2H3. The third-order valence-electron chi connectivity index (χ3n) is 2.55. The minimum atomic E-state index is -4.52. The number of alkyl halides is 3. The minimum absolute atomic E-state index is 0.0470. The molecule has 0 aliphatic heterocycles. The van der Waals surface area contributed by atoms with Gasteiger partial charge >= 0.3 is 6.18 Å². The Bertz CT molecular complexity index is 417. The lowest BCUT2D eigenvalue weighted by molar-refractivity contribution is -0.141. The minimum Gasteiger partial charge on any atom is -0.394 e. The van der Waals surface area contributed by atoms with E-state index in [1.165, 1.54) is 11.9 Å². The summed E-state index contributed by atoms with van der Waals surface area (Å²) >= 11 is 0. The third kappa shape index (κ3) is 3.19. The number of halogens is 3. The highest BCUT2D eigenvalue weighted by Gasteiger charge is 2.32. The first-order valence-electron chi connectivity index (χ1n) is 5.18. The lowest BCUT2D eigenvalue weighted by Crippen LogP contribution is -2.37. The van der Waals surface area contributed by atoms with Crippen molar-refractivity contribution in [2.24, 2.45) is 0 Å². The number of aromatic nitrogens is 1. The van der Waals surface area contributed by atoms with Crippen LogP contribution in [0.25, 0.3) is 0 Å². The van der Waals surface area contributed by atoms with E-state index >= 15 is 0 Å². The summed E-state index contributed by atoms with van der Waals surface area (Å²) < 4.78 is 36.8. The predicted molar refractivity (Wildman–Crippen MR) is 57.9 cm³/mol. The summed E-state index contributed by atoms with van der Waals surface area (Å²) in [5.74, 6) is -0.488. The molecule has 1 N–H and O–H groups in total. The zero-order valence-corrected chi connectivity index (χ0v) is 9.90. The molecule has 4 nitrogen and oxygen atoms in total. The predicted octanol–water partition coefficient (Wildman–Crippen LogP) is 1.55. The summed E-state index contributed by atoms with van der Waals surface area (Å²) in [5, 5.41) is 8.89. The fraction of sp³-hybridized carbons (Fsp3) is 0.455. The van der Waals surface area contributed by atoms with Crippen molar-refractivity contribution >= 4 is 5.91 Å². The molecule has 7 heteroatoms. The number of nitrogens with zero attached hydrogens (tertiary/aromatic N) is 2. The number of hydrogen-bond donors (Lipinski definition) is 1. The van der Waals surface area contributed by atoms with Crippen LogP contribution >= 0.6 is 0 Å². The molecule has 0 saturated carbocycles. The van der Waals surface area contributed by atoms with Gasteiger partial charge in [-0.15, -0.1) is 0 Å². The molecule has 1 unspecified atom stereocenters. The Morgan fingerprint density at radius 2 is 2.11 bits per heavy atom. The Morgan fingerprint density at radius 1 is 1.50 bits per heavy atom. The van der Waals surface area contributed by atoms with E-state index in [-0.39, 0.29) is 12.2 Å². The highest BCUT2D eigenvalue weighted by Crippen LogP contribution is 2.27. The van der Waals surface area contributed by atoms with Crippen molar-refractivity contribution in [3.8, 4) is 0 Å². The van der Waals surface area contributed by atoms with Crippen molar-refractivity contribution in [1.82, 2.24) is 9.88 Å². The summed E-state index contributed by atoms with van der Waals surface area (Å²) in [6.07, 6.45) is -3.64. The molecule has 0 aromatic carbocycles. The molecule has 1 amide bonds. The third-order valence-corrected chi connectivity index (χ3v) is 2.55. The van der Waals surface area contributed by atoms with E-state index in [2.05, 4.69) is 4.98 Å². The average Bonchev–Trinajstić information content (AvgIpc) is 2.35. The normalized spacial score (nSPS) is 13.2. The molecule has 0 aliphatic rings. The van der Waals surface area contributed by atoms with Crippen molar-refractivity contribution < 1.29 is 23.1 Å². The van der Waals surface area contributed by atoms with Crippen LogP contribution in [0.2, 0.25) is 0 Å². The van der Waals surface area contributed by atoms with Gasteiger partial charge < -0.3 is 10.0 Å². The number of hydrogen-bond acceptors (Lipinski definition) is 3. The topological polar surface area (TPSA) is 53.4 Å². The molecule has 1 rings (SSSR count). The van der Waals surface area contributed by atoms with E-state index < -0.39 is 23.8 Å². The zero-order valence-electron chi connectivity index (χ0n) is 9.90. The molecule has 0 spiro atoms. The number of carbonyl (C=O) groups excluding carboxylic acids is 1. The Labute approximate surface area is 102 Å². The van der Waals surface area contributed by atoms with Gasteiger partial charge in [0.05, 0.1) is 18.2 Å². The zero-order chi connectivity index (χ0) is 13.9. The fourth-order valence-corrected chi connectivity index (χ4v) is 1.21. The molecule has 1 aromatic rings. The fourth-order valence-electron chi connectivity index (χ4n) is 1.21. The molecular formula is C11H13F3N2O2. The summed E-state index contributed by atoms with van der Waals surface area (Å²) in [5.41, 5.74) is -0.997. The van der Waals surface area contributed by atoms with Crippen molar-refractivity contribution in [2.45, 2.75) is 19.1 Å². The summed E-state index contributed by atoms with van der Waals surface area (Å²) in [4.78, 5) is 16.2. The van der Waals surface area contributed by atoms with Gasteiger partial charge in [-0.1, -0.05) is 0 Å². The number of pyridine rings is 1. The van der Waals surface area contributed by atoms with E-state index in [0.29, 0.717) is 0 Å². The molecule has 100 valence electrons. The number of aliphatic hydroxyl groups excluding tert-OH is 1. The Balaban J connectivity index is 2.89. The van der Waals surface area contributed by atoms with Crippen LogP contribution in [0, 0.1) is 0 Å². The Morgan fingerprint density at radius 3 is 2.50 bits per heavy atom. The highest BCUT2D eigenvalue weighted by molar-refractivity contribution is 5.93. The monoisotopic (exact) mass is 262 g/mol. The molecule has 0 saturated heterocycles. The van der Waals surface area contributed by atoms with E-state index in [1.54, 1.807) is 6.92 Å². The van der Waals surface area contributed by atoms with Crippen LogP contribution in [0.5, 0.6) is 0 Å². The quantitative estimate of drug-likeness (QED) is 0.899. The van der Waals surface area contributed by atoms with Crippen molar-refractivity contribution in [3.63, 3.8) is 0 Å². The maximum Gasteiger partial charge on any atom is 0.433 e. The smallest absolute Gasteiger partial charge is 0.394 e. The molecular weight excluding hydrogens is 249 g/mol. The molecule has 0 aliphatic carbocycles. The maximum absolute atomic E-state index is 12.3. The molecule has 1 aromatic heterocycles. The highest BCUT2D eigenvalue weighted by atomic mass is 19.4. The van der Waals surface area contributed by atoms with Gasteiger partial charge in [-0.2, -0.15) is 13.2 Å². The van der Waals surface area contributed by atoms with Crippen LogP contribution in [0.1, 0.15) is 23.0 Å². The van der Waals surface area contributed by atoms with E-state index in [1.807, 2.05) is 0 Å². The van der Waals surface area contributed by atoms with Crippen LogP contribution in [0.15, 0.2) is 18.3 Å². The SMILES string of the molecule is CC(CO)N(C)C(=O)c1ccc(C(F)(F)F)nc1. The number of rotatable bonds is 3. The number of carbonyl (C=O) groups is 1. The first-order valence-corrected chi connectivity index (χ1v) is 5.18. The second-order valence-corrected chi connectivity index (χ2v) is 3.88. The molecule has 0 fully saturated rings. The first kappa shape index (κ1) is 14.4. The number of likely N-dealkylation sites (N-methyl/N-ethyl adjacent to an activating group) is 1. The van der Waals surface area contributed by atoms with Crippen LogP contribution in [0.4, 0.5) is 13.2 Å². The van der Waals surface area contributed by atoms with E-state index in [4.69, 9.17) is 5.11 Å². The van der Waals surface area contributed by atoms with Crippen LogP contribution in [0.3, 0.4) is 0 Å². The Hall–Kier alpha value is -1.63. The van der Waals surface area contributed by atoms with Gasteiger partial charge in [0.15, 0.2) is 0 Å². The molecule has 0 bridgehead atoms. The van der Waals surface area contributed by atoms with Gasteiger partial charge in [0.25, 0.3) is 5.91 Å². The molecule has 1 heterocycles. The second-order valence-electron chi connectivity index (χ2n) is 3.88. The summed E-state index contributed by atoms with van der Waals surface area (Å²) in [6.45, 7) is 1.39. The van der Waals surface area contributed by atoms with Crippen molar-refractivity contribution in [1.29, 1.82) is 0 Å². The number of aliphatic hydroxyl groups is 1. The van der Waals surface area contributed by atoms with Crippen molar-refractivity contribution in [2.75, 3.05) is 13.7 Å². The van der Waals surface area contributed by atoms with Gasteiger partial charge in [-0.3, -0.25) is 9.78 Å². The summed E-state index contributed by atoms with van der Waals surface area (Å²) in [6, 6.07) is 1.41. The van der Waals surface area contributed by atoms with Gasteiger partial charge in [0.2, 0.25) is 0 Å². The lowest BCUT2D eigenvalue weighted by atomic mass is 10.2. The molecule has 0 radical (unpaired) electrons. The van der Waals surface area contributed by atoms with Gasteiger partial charge in [0, 0.05) is 13.2 Å². The first-order chi connectivity index (χ1) is 8.27. The van der Waals surface area contributed by atoms with Crippen molar-refractivity contribution in [3.05, 3.63) is 29.6 Å². The van der Waals surface area contributed by atoms with Gasteiger partial charge in [-0.25, -0.2) is 0 Å².